The van der Waals surface area contributed by atoms with Crippen LogP contribution >= 0.6 is 0 Å². The minimum Gasteiger partial charge on any atom is -0.508 e. The molecule has 3 N–H and O–H groups in total. The number of alkyl halides is 6. The molecular formula is C43H58F6O3. The number of phenols is 3. The zero-order valence-corrected chi connectivity index (χ0v) is 31.9. The van der Waals surface area contributed by atoms with E-state index in [1.54, 1.807) is 19.9 Å². The molecule has 1 atom stereocenters. The van der Waals surface area contributed by atoms with Gasteiger partial charge in [-0.05, 0) is 114 Å². The standard InChI is InChI=1S/C43H58F6O3/c1-8-11-13-21-39(5,6)27-32-26-35(50)17-18-36(32)41(42(44,45)46,43(47,48)49)34-16-19-37(51)30(25-34)14-15-31-23-29(4)24-33(38(31)52)28-40(7,20-10-3)22-12-9-2/h16-19,23-26,50-52H,8-15,20-22,27-28H2,1-7H3. The fourth-order valence-electron chi connectivity index (χ4n) is 8.02. The molecule has 3 nitrogen and oxygen atoms in total. The van der Waals surface area contributed by atoms with E-state index in [2.05, 4.69) is 20.8 Å². The van der Waals surface area contributed by atoms with Gasteiger partial charge in [0.15, 0.2) is 0 Å². The van der Waals surface area contributed by atoms with E-state index in [1.165, 1.54) is 0 Å². The summed E-state index contributed by atoms with van der Waals surface area (Å²) < 4.78 is 92.5. The van der Waals surface area contributed by atoms with Gasteiger partial charge in [0.2, 0.25) is 5.41 Å². The number of phenolic OH excluding ortho intramolecular Hbond substituents is 3. The first-order valence-electron chi connectivity index (χ1n) is 18.7. The summed E-state index contributed by atoms with van der Waals surface area (Å²) in [6, 6.07) is 8.68. The Hall–Kier alpha value is -3.36. The van der Waals surface area contributed by atoms with Crippen molar-refractivity contribution in [2.75, 3.05) is 0 Å². The van der Waals surface area contributed by atoms with Crippen molar-refractivity contribution < 1.29 is 41.7 Å². The molecule has 0 amide bonds. The molecule has 0 aliphatic rings. The summed E-state index contributed by atoms with van der Waals surface area (Å²) in [5, 5.41) is 32.5. The number of rotatable bonds is 18. The van der Waals surface area contributed by atoms with Crippen molar-refractivity contribution in [1.29, 1.82) is 0 Å². The number of benzene rings is 3. The summed E-state index contributed by atoms with van der Waals surface area (Å²) in [7, 11) is 0. The zero-order valence-electron chi connectivity index (χ0n) is 31.9. The summed E-state index contributed by atoms with van der Waals surface area (Å²) in [5.41, 5.74) is -5.42. The Morgan fingerprint density at radius 2 is 1.19 bits per heavy atom. The monoisotopic (exact) mass is 736 g/mol. The molecule has 0 bridgehead atoms. The van der Waals surface area contributed by atoms with Crippen LogP contribution in [0.15, 0.2) is 48.5 Å². The van der Waals surface area contributed by atoms with Gasteiger partial charge in [0.05, 0.1) is 0 Å². The Bertz CT molecular complexity index is 1610. The van der Waals surface area contributed by atoms with Crippen LogP contribution in [0.1, 0.15) is 138 Å². The van der Waals surface area contributed by atoms with Gasteiger partial charge in [-0.3, -0.25) is 0 Å². The molecule has 3 rings (SSSR count). The van der Waals surface area contributed by atoms with Crippen LogP contribution in [-0.4, -0.2) is 27.7 Å². The fourth-order valence-corrected chi connectivity index (χ4v) is 8.02. The van der Waals surface area contributed by atoms with Crippen LogP contribution in [0.25, 0.3) is 0 Å². The summed E-state index contributed by atoms with van der Waals surface area (Å²) in [6.45, 7) is 14.0. The van der Waals surface area contributed by atoms with Crippen molar-refractivity contribution in [2.45, 2.75) is 150 Å². The van der Waals surface area contributed by atoms with Gasteiger partial charge in [0.1, 0.15) is 17.2 Å². The number of hydrogen-bond donors (Lipinski definition) is 3. The van der Waals surface area contributed by atoms with Crippen LogP contribution in [0.3, 0.4) is 0 Å². The molecule has 0 saturated heterocycles. The molecule has 3 aromatic rings. The highest BCUT2D eigenvalue weighted by molar-refractivity contribution is 5.53. The van der Waals surface area contributed by atoms with Crippen molar-refractivity contribution in [1.82, 2.24) is 0 Å². The van der Waals surface area contributed by atoms with Crippen LogP contribution in [-0.2, 0) is 31.1 Å². The van der Waals surface area contributed by atoms with E-state index in [-0.39, 0.29) is 41.6 Å². The molecule has 1 unspecified atom stereocenters. The first kappa shape index (κ1) is 43.0. The number of unbranched alkanes of at least 4 members (excludes halogenated alkanes) is 3. The molecule has 0 radical (unpaired) electrons. The Kier molecular flexibility index (Phi) is 14.2. The third kappa shape index (κ3) is 9.98. The molecular weight excluding hydrogens is 678 g/mol. The van der Waals surface area contributed by atoms with Gasteiger partial charge >= 0.3 is 12.4 Å². The lowest BCUT2D eigenvalue weighted by atomic mass is 9.68. The van der Waals surface area contributed by atoms with Gasteiger partial charge in [0.25, 0.3) is 0 Å². The van der Waals surface area contributed by atoms with E-state index < -0.39 is 45.8 Å². The van der Waals surface area contributed by atoms with Crippen LogP contribution in [0.4, 0.5) is 26.3 Å². The molecule has 0 aliphatic carbocycles. The predicted octanol–water partition coefficient (Wildman–Crippen LogP) is 13.0. The Morgan fingerprint density at radius 1 is 0.577 bits per heavy atom. The van der Waals surface area contributed by atoms with Crippen molar-refractivity contribution >= 4 is 0 Å². The normalized spacial score (nSPS) is 14.1. The van der Waals surface area contributed by atoms with Crippen molar-refractivity contribution in [3.63, 3.8) is 0 Å². The lowest BCUT2D eigenvalue weighted by Crippen LogP contribution is -2.55. The largest absolute Gasteiger partial charge is 0.508 e. The first-order chi connectivity index (χ1) is 24.1. The van der Waals surface area contributed by atoms with E-state index in [1.807, 2.05) is 19.9 Å². The first-order valence-corrected chi connectivity index (χ1v) is 18.7. The summed E-state index contributed by atoms with van der Waals surface area (Å²) in [6.07, 6.45) is -3.06. The van der Waals surface area contributed by atoms with Gasteiger partial charge in [0, 0.05) is 0 Å². The second-order valence-electron chi connectivity index (χ2n) is 16.0. The summed E-state index contributed by atoms with van der Waals surface area (Å²) in [4.78, 5) is 0. The Labute approximate surface area is 306 Å². The van der Waals surface area contributed by atoms with Gasteiger partial charge in [-0.1, -0.05) is 116 Å². The minimum atomic E-state index is -5.84. The molecule has 0 heterocycles. The molecule has 0 fully saturated rings. The molecule has 9 heteroatoms. The van der Waals surface area contributed by atoms with Crippen molar-refractivity contribution in [3.05, 3.63) is 87.5 Å². The van der Waals surface area contributed by atoms with E-state index in [0.29, 0.717) is 24.5 Å². The average Bonchev–Trinajstić information content (AvgIpc) is 3.02. The quantitative estimate of drug-likeness (QED) is 0.0900. The minimum absolute atomic E-state index is 0.0454. The third-order valence-corrected chi connectivity index (χ3v) is 10.7. The van der Waals surface area contributed by atoms with Gasteiger partial charge in [-0.25, -0.2) is 0 Å². The van der Waals surface area contributed by atoms with Gasteiger partial charge in [-0.2, -0.15) is 26.3 Å². The maximum Gasteiger partial charge on any atom is 0.411 e. The number of aromatic hydroxyl groups is 3. The topological polar surface area (TPSA) is 60.7 Å². The molecule has 52 heavy (non-hydrogen) atoms. The van der Waals surface area contributed by atoms with Crippen LogP contribution in [0, 0.1) is 17.8 Å². The molecule has 0 aromatic heterocycles. The maximum atomic E-state index is 15.4. The van der Waals surface area contributed by atoms with E-state index in [4.69, 9.17) is 0 Å². The number of halogens is 6. The third-order valence-electron chi connectivity index (χ3n) is 10.7. The Morgan fingerprint density at radius 3 is 1.79 bits per heavy atom. The van der Waals surface area contributed by atoms with Crippen molar-refractivity contribution in [2.24, 2.45) is 10.8 Å². The second kappa shape index (κ2) is 17.2. The lowest BCUT2D eigenvalue weighted by Gasteiger charge is -2.40. The summed E-state index contributed by atoms with van der Waals surface area (Å²) >= 11 is 0. The van der Waals surface area contributed by atoms with Crippen LogP contribution in [0.5, 0.6) is 17.2 Å². The fraction of sp³-hybridized carbons (Fsp3) is 0.581. The lowest BCUT2D eigenvalue weighted by molar-refractivity contribution is -0.288. The SMILES string of the molecule is CCCCCC(C)(C)Cc1cc(O)ccc1C(c1ccc(O)c(CCc2cc(C)cc(CC(C)(CCC)CCCC)c2O)c1)(C(F)(F)F)C(F)(F)F. The number of hydrogen-bond acceptors (Lipinski definition) is 3. The molecule has 3 aromatic carbocycles. The highest BCUT2D eigenvalue weighted by Gasteiger charge is 2.73. The Balaban J connectivity index is 2.14. The predicted molar refractivity (Wildman–Crippen MR) is 197 cm³/mol. The van der Waals surface area contributed by atoms with Crippen molar-refractivity contribution in [3.8, 4) is 17.2 Å². The van der Waals surface area contributed by atoms with Gasteiger partial charge < -0.3 is 15.3 Å². The summed E-state index contributed by atoms with van der Waals surface area (Å²) in [5.74, 6) is -0.798. The number of aryl methyl sites for hydroxylation is 3. The molecule has 0 saturated carbocycles. The highest BCUT2D eigenvalue weighted by atomic mass is 19.4. The molecule has 0 aliphatic heterocycles. The highest BCUT2D eigenvalue weighted by Crippen LogP contribution is 2.58. The molecule has 0 spiro atoms. The second-order valence-corrected chi connectivity index (χ2v) is 16.0. The molecule has 290 valence electrons. The average molecular weight is 737 g/mol. The van der Waals surface area contributed by atoms with Crippen LogP contribution in [0.2, 0.25) is 0 Å². The van der Waals surface area contributed by atoms with E-state index >= 15 is 26.3 Å². The van der Waals surface area contributed by atoms with Gasteiger partial charge in [-0.15, -0.1) is 0 Å². The maximum absolute atomic E-state index is 15.4. The smallest absolute Gasteiger partial charge is 0.411 e. The zero-order chi connectivity index (χ0) is 39.1. The van der Waals surface area contributed by atoms with Crippen LogP contribution < -0.4 is 0 Å². The van der Waals surface area contributed by atoms with E-state index in [9.17, 15) is 15.3 Å². The van der Waals surface area contributed by atoms with E-state index in [0.717, 1.165) is 92.8 Å².